The number of carbonyl (C=O) groups is 1. The van der Waals surface area contributed by atoms with E-state index in [1.165, 1.54) is 6.07 Å². The lowest BCUT2D eigenvalue weighted by molar-refractivity contribution is 0.0240. The molecule has 9 heteroatoms. The molecule has 4 rings (SSSR count). The molecule has 0 bridgehead atoms. The lowest BCUT2D eigenvalue weighted by Gasteiger charge is -2.37. The number of amides is 1. The maximum atomic E-state index is 13.6. The summed E-state index contributed by atoms with van der Waals surface area (Å²) in [5, 5.41) is 9.56. The maximum Gasteiger partial charge on any atom is 0.410 e. The summed E-state index contributed by atoms with van der Waals surface area (Å²) in [6.07, 6.45) is -0.378. The number of benzene rings is 3. The zero-order chi connectivity index (χ0) is 25.4. The van der Waals surface area contributed by atoms with Crippen LogP contribution in [0.2, 0.25) is 0 Å². The number of hydrogen-bond acceptors (Lipinski definition) is 7. The van der Waals surface area contributed by atoms with Crippen LogP contribution >= 0.6 is 0 Å². The standard InChI is InChI=1S/C26H30N4O4S/c1-26(2,3)34-25(31)30-16-14-29(15-17-30)21-12-7-11-20(27)23(21)24(28)35(32,33)22-13-6-9-18-8-4-5-10-19(18)22/h4-13,28H,14-17,27H2,1-3H3. The summed E-state index contributed by atoms with van der Waals surface area (Å²) in [6, 6.07) is 17.3. The van der Waals surface area contributed by atoms with Crippen molar-refractivity contribution in [1.29, 1.82) is 5.41 Å². The van der Waals surface area contributed by atoms with Crippen LogP contribution in [-0.2, 0) is 14.6 Å². The first-order valence-electron chi connectivity index (χ1n) is 11.4. The Hall–Kier alpha value is -3.59. The molecule has 1 amide bonds. The lowest BCUT2D eigenvalue weighted by Crippen LogP contribution is -2.50. The van der Waals surface area contributed by atoms with Crippen LogP contribution < -0.4 is 10.6 Å². The Bertz CT molecular complexity index is 1380. The van der Waals surface area contributed by atoms with E-state index in [0.717, 1.165) is 5.39 Å². The molecule has 1 aliphatic rings. The van der Waals surface area contributed by atoms with Gasteiger partial charge in [0.05, 0.1) is 10.5 Å². The molecule has 0 unspecified atom stereocenters. The van der Waals surface area contributed by atoms with Gasteiger partial charge in [0, 0.05) is 42.9 Å². The zero-order valence-electron chi connectivity index (χ0n) is 20.1. The second-order valence-electron chi connectivity index (χ2n) is 9.51. The Labute approximate surface area is 205 Å². The Morgan fingerprint density at radius 1 is 0.943 bits per heavy atom. The minimum atomic E-state index is -4.15. The Kier molecular flexibility index (Phi) is 6.46. The van der Waals surface area contributed by atoms with Crippen molar-refractivity contribution in [3.05, 3.63) is 66.2 Å². The Balaban J connectivity index is 1.64. The summed E-state index contributed by atoms with van der Waals surface area (Å²) >= 11 is 0. The molecule has 0 radical (unpaired) electrons. The second kappa shape index (κ2) is 9.22. The molecule has 0 aliphatic carbocycles. The molecule has 0 spiro atoms. The van der Waals surface area contributed by atoms with Crippen molar-refractivity contribution in [2.24, 2.45) is 0 Å². The molecule has 1 aliphatic heterocycles. The van der Waals surface area contributed by atoms with Crippen molar-refractivity contribution in [2.45, 2.75) is 31.3 Å². The highest BCUT2D eigenvalue weighted by atomic mass is 32.2. The topological polar surface area (TPSA) is 117 Å². The molecule has 0 atom stereocenters. The number of nitrogens with zero attached hydrogens (tertiary/aromatic N) is 2. The quantitative estimate of drug-likeness (QED) is 0.319. The number of rotatable bonds is 3. The van der Waals surface area contributed by atoms with Crippen molar-refractivity contribution in [3.8, 4) is 0 Å². The van der Waals surface area contributed by atoms with Crippen LogP contribution in [0.25, 0.3) is 10.8 Å². The normalized spacial score (nSPS) is 14.7. The summed E-state index contributed by atoms with van der Waals surface area (Å²) in [6.45, 7) is 7.19. The fourth-order valence-corrected chi connectivity index (χ4v) is 5.64. The van der Waals surface area contributed by atoms with Crippen LogP contribution in [0.15, 0.2) is 65.6 Å². The van der Waals surface area contributed by atoms with Crippen molar-refractivity contribution < 1.29 is 17.9 Å². The number of piperazine rings is 1. The first kappa shape index (κ1) is 24.5. The smallest absolute Gasteiger partial charge is 0.410 e. The third kappa shape index (κ3) is 4.95. The highest BCUT2D eigenvalue weighted by molar-refractivity contribution is 8.07. The van der Waals surface area contributed by atoms with Crippen LogP contribution in [0, 0.1) is 5.41 Å². The van der Waals surface area contributed by atoms with Gasteiger partial charge >= 0.3 is 6.09 Å². The maximum absolute atomic E-state index is 13.6. The number of anilines is 2. The van der Waals surface area contributed by atoms with E-state index < -0.39 is 20.5 Å². The number of nitrogens with one attached hydrogen (secondary N) is 1. The lowest BCUT2D eigenvalue weighted by atomic mass is 10.1. The SMILES string of the molecule is CC(C)(C)OC(=O)N1CCN(c2cccc(N)c2C(=N)S(=O)(=O)c2cccc3ccccc23)CC1. The first-order chi connectivity index (χ1) is 16.5. The molecule has 8 nitrogen and oxygen atoms in total. The number of ether oxygens (including phenoxy) is 1. The summed E-state index contributed by atoms with van der Waals surface area (Å²) < 4.78 is 32.7. The van der Waals surface area contributed by atoms with Crippen LogP contribution in [0.1, 0.15) is 26.3 Å². The third-order valence-electron chi connectivity index (χ3n) is 5.88. The van der Waals surface area contributed by atoms with E-state index in [-0.39, 0.29) is 22.2 Å². The Morgan fingerprint density at radius 3 is 2.26 bits per heavy atom. The number of nitrogens with two attached hydrogens (primary N) is 1. The molecule has 0 aromatic heterocycles. The van der Waals surface area contributed by atoms with E-state index in [2.05, 4.69) is 0 Å². The summed E-state index contributed by atoms with van der Waals surface area (Å²) in [5.74, 6) is 0. The monoisotopic (exact) mass is 494 g/mol. The minimum absolute atomic E-state index is 0.0737. The first-order valence-corrected chi connectivity index (χ1v) is 12.9. The van der Waals surface area contributed by atoms with Gasteiger partial charge in [0.15, 0.2) is 5.04 Å². The van der Waals surface area contributed by atoms with Gasteiger partial charge in [-0.3, -0.25) is 5.41 Å². The number of hydrogen-bond donors (Lipinski definition) is 2. The zero-order valence-corrected chi connectivity index (χ0v) is 20.9. The second-order valence-corrected chi connectivity index (χ2v) is 11.4. The molecule has 1 fully saturated rings. The van der Waals surface area contributed by atoms with E-state index in [9.17, 15) is 13.2 Å². The molecule has 1 heterocycles. The van der Waals surface area contributed by atoms with Gasteiger partial charge in [-0.15, -0.1) is 0 Å². The summed E-state index contributed by atoms with van der Waals surface area (Å²) in [7, 11) is -4.15. The van der Waals surface area contributed by atoms with Crippen molar-refractivity contribution >= 4 is 43.1 Å². The van der Waals surface area contributed by atoms with Gasteiger partial charge in [0.2, 0.25) is 9.84 Å². The van der Waals surface area contributed by atoms with Crippen LogP contribution in [-0.4, -0.2) is 56.2 Å². The molecule has 3 aromatic carbocycles. The van der Waals surface area contributed by atoms with Gasteiger partial charge in [0.25, 0.3) is 0 Å². The van der Waals surface area contributed by atoms with E-state index in [1.54, 1.807) is 41.3 Å². The van der Waals surface area contributed by atoms with Crippen LogP contribution in [0.5, 0.6) is 0 Å². The fourth-order valence-electron chi connectivity index (χ4n) is 4.20. The highest BCUT2D eigenvalue weighted by Gasteiger charge is 2.31. The molecule has 3 N–H and O–H groups in total. The number of carbonyl (C=O) groups excluding carboxylic acids is 1. The van der Waals surface area contributed by atoms with E-state index in [0.29, 0.717) is 37.3 Å². The molecule has 184 valence electrons. The van der Waals surface area contributed by atoms with Gasteiger partial charge in [0.1, 0.15) is 5.60 Å². The predicted octanol–water partition coefficient (Wildman–Crippen LogP) is 4.28. The molecular formula is C26H30N4O4S. The molecule has 3 aromatic rings. The average Bonchev–Trinajstić information content (AvgIpc) is 2.82. The van der Waals surface area contributed by atoms with Gasteiger partial charge in [-0.2, -0.15) is 0 Å². The van der Waals surface area contributed by atoms with Crippen molar-refractivity contribution in [3.63, 3.8) is 0 Å². The van der Waals surface area contributed by atoms with E-state index in [4.69, 9.17) is 15.9 Å². The summed E-state index contributed by atoms with van der Waals surface area (Å²) in [5.41, 5.74) is 6.61. The van der Waals surface area contributed by atoms with Gasteiger partial charge in [-0.1, -0.05) is 42.5 Å². The minimum Gasteiger partial charge on any atom is -0.444 e. The highest BCUT2D eigenvalue weighted by Crippen LogP contribution is 2.33. The Morgan fingerprint density at radius 2 is 1.57 bits per heavy atom. The van der Waals surface area contributed by atoms with Gasteiger partial charge in [-0.25, -0.2) is 13.2 Å². The van der Waals surface area contributed by atoms with E-state index >= 15 is 0 Å². The number of nitrogen functional groups attached to an aromatic ring is 1. The van der Waals surface area contributed by atoms with Gasteiger partial charge < -0.3 is 20.3 Å². The van der Waals surface area contributed by atoms with Crippen LogP contribution in [0.3, 0.4) is 0 Å². The van der Waals surface area contributed by atoms with Crippen LogP contribution in [0.4, 0.5) is 16.2 Å². The molecule has 0 saturated carbocycles. The molecule has 35 heavy (non-hydrogen) atoms. The third-order valence-corrected chi connectivity index (χ3v) is 7.56. The van der Waals surface area contributed by atoms with Gasteiger partial charge in [-0.05, 0) is 44.4 Å². The molecular weight excluding hydrogens is 464 g/mol. The predicted molar refractivity (Wildman–Crippen MR) is 139 cm³/mol. The van der Waals surface area contributed by atoms with Crippen molar-refractivity contribution in [1.82, 2.24) is 4.90 Å². The fraction of sp³-hybridized carbons (Fsp3) is 0.308. The number of sulfone groups is 1. The summed E-state index contributed by atoms with van der Waals surface area (Å²) in [4.78, 5) is 16.1. The average molecular weight is 495 g/mol. The molecule has 1 saturated heterocycles. The van der Waals surface area contributed by atoms with E-state index in [1.807, 2.05) is 43.9 Å². The van der Waals surface area contributed by atoms with Crippen molar-refractivity contribution in [2.75, 3.05) is 36.8 Å². The largest absolute Gasteiger partial charge is 0.444 e. The number of fused-ring (bicyclic) bond motifs is 1.